The largest absolute Gasteiger partial charge is 0.416 e. The van der Waals surface area contributed by atoms with Crippen molar-refractivity contribution in [2.75, 3.05) is 19.6 Å². The molecule has 0 fully saturated rings. The molecule has 0 saturated heterocycles. The molecule has 0 heterocycles. The van der Waals surface area contributed by atoms with E-state index in [1.165, 1.54) is 0 Å². The minimum Gasteiger partial charge on any atom is -0.300 e. The molecule has 0 amide bonds. The summed E-state index contributed by atoms with van der Waals surface area (Å²) in [4.78, 5) is 2.26. The van der Waals surface area contributed by atoms with Crippen LogP contribution in [0, 0.1) is 0 Å². The van der Waals surface area contributed by atoms with Crippen LogP contribution in [0.15, 0.2) is 60.7 Å². The van der Waals surface area contributed by atoms with Crippen molar-refractivity contribution in [1.29, 1.82) is 0 Å². The summed E-state index contributed by atoms with van der Waals surface area (Å²) in [5.74, 6) is 0. The number of benzene rings is 2. The van der Waals surface area contributed by atoms with Gasteiger partial charge in [0, 0.05) is 6.54 Å². The highest BCUT2D eigenvalue weighted by molar-refractivity contribution is 5.80. The first kappa shape index (κ1) is 18.3. The predicted octanol–water partition coefficient (Wildman–Crippen LogP) is 5.48. The molecule has 0 aliphatic carbocycles. The predicted molar refractivity (Wildman–Crippen MR) is 92.8 cm³/mol. The molecule has 0 aliphatic heterocycles. The number of halogens is 3. The van der Waals surface area contributed by atoms with Gasteiger partial charge < -0.3 is 4.90 Å². The first-order valence-corrected chi connectivity index (χ1v) is 8.11. The van der Waals surface area contributed by atoms with Gasteiger partial charge in [-0.1, -0.05) is 62.4 Å². The Morgan fingerprint density at radius 1 is 0.875 bits per heavy atom. The van der Waals surface area contributed by atoms with E-state index < -0.39 is 11.7 Å². The second-order valence-corrected chi connectivity index (χ2v) is 5.54. The maximum Gasteiger partial charge on any atom is 0.416 e. The zero-order valence-corrected chi connectivity index (χ0v) is 14.0. The van der Waals surface area contributed by atoms with Crippen molar-refractivity contribution in [2.45, 2.75) is 20.0 Å². The van der Waals surface area contributed by atoms with Gasteiger partial charge in [0.25, 0.3) is 0 Å². The van der Waals surface area contributed by atoms with Gasteiger partial charge in [-0.15, -0.1) is 0 Å². The fourth-order valence-electron chi connectivity index (χ4n) is 2.56. The van der Waals surface area contributed by atoms with Crippen molar-refractivity contribution in [2.24, 2.45) is 0 Å². The van der Waals surface area contributed by atoms with Gasteiger partial charge in [-0.05, 0) is 41.9 Å². The molecule has 2 aromatic rings. The van der Waals surface area contributed by atoms with Gasteiger partial charge in [0.05, 0.1) is 5.56 Å². The van der Waals surface area contributed by atoms with Crippen molar-refractivity contribution in [3.05, 3.63) is 77.4 Å². The lowest BCUT2D eigenvalue weighted by Gasteiger charge is -2.17. The van der Waals surface area contributed by atoms with Crippen molar-refractivity contribution >= 4 is 5.57 Å². The molecule has 4 heteroatoms. The summed E-state index contributed by atoms with van der Waals surface area (Å²) >= 11 is 0. The third-order valence-electron chi connectivity index (χ3n) is 4.06. The average Bonchev–Trinajstić information content (AvgIpc) is 2.59. The lowest BCUT2D eigenvalue weighted by Crippen LogP contribution is -2.22. The SMILES string of the molecule is CCN(CC)C/C=C(\c1ccccc1)c1ccc(C(F)(F)F)cc1. The average molecular weight is 333 g/mol. The van der Waals surface area contributed by atoms with E-state index in [4.69, 9.17) is 0 Å². The van der Waals surface area contributed by atoms with Crippen molar-refractivity contribution in [1.82, 2.24) is 4.90 Å². The van der Waals surface area contributed by atoms with Gasteiger partial charge in [0.2, 0.25) is 0 Å². The molecule has 128 valence electrons. The summed E-state index contributed by atoms with van der Waals surface area (Å²) in [7, 11) is 0. The first-order valence-electron chi connectivity index (χ1n) is 8.11. The highest BCUT2D eigenvalue weighted by Gasteiger charge is 2.30. The van der Waals surface area contributed by atoms with Gasteiger partial charge in [-0.25, -0.2) is 0 Å². The highest BCUT2D eigenvalue weighted by Crippen LogP contribution is 2.31. The van der Waals surface area contributed by atoms with Crippen LogP contribution >= 0.6 is 0 Å². The van der Waals surface area contributed by atoms with Crippen LogP contribution in [0.4, 0.5) is 13.2 Å². The van der Waals surface area contributed by atoms with E-state index in [2.05, 4.69) is 24.8 Å². The van der Waals surface area contributed by atoms with Gasteiger partial charge >= 0.3 is 6.18 Å². The molecule has 0 unspecified atom stereocenters. The molecule has 0 spiro atoms. The van der Waals surface area contributed by atoms with Crippen LogP contribution in [0.2, 0.25) is 0 Å². The van der Waals surface area contributed by atoms with Crippen LogP contribution in [0.25, 0.3) is 5.57 Å². The fourth-order valence-corrected chi connectivity index (χ4v) is 2.56. The Labute approximate surface area is 141 Å². The van der Waals surface area contributed by atoms with Gasteiger partial charge in [-0.2, -0.15) is 13.2 Å². The normalized spacial score (nSPS) is 12.7. The maximum atomic E-state index is 12.8. The number of nitrogens with zero attached hydrogens (tertiary/aromatic N) is 1. The third kappa shape index (κ3) is 4.71. The summed E-state index contributed by atoms with van der Waals surface area (Å²) in [6.07, 6.45) is -2.22. The molecule has 0 saturated carbocycles. The molecular weight excluding hydrogens is 311 g/mol. The Morgan fingerprint density at radius 3 is 1.92 bits per heavy atom. The van der Waals surface area contributed by atoms with Gasteiger partial charge in [0.1, 0.15) is 0 Å². The number of likely N-dealkylation sites (N-methyl/N-ethyl adjacent to an activating group) is 1. The zero-order valence-electron chi connectivity index (χ0n) is 14.0. The van der Waals surface area contributed by atoms with E-state index in [9.17, 15) is 13.2 Å². The van der Waals surface area contributed by atoms with E-state index in [-0.39, 0.29) is 0 Å². The molecular formula is C20H22F3N. The minimum absolute atomic E-state index is 0.623. The van der Waals surface area contributed by atoms with Crippen LogP contribution in [-0.2, 0) is 6.18 Å². The molecule has 0 bridgehead atoms. The second kappa shape index (κ2) is 8.15. The van der Waals surface area contributed by atoms with Crippen molar-refractivity contribution < 1.29 is 13.2 Å². The Morgan fingerprint density at radius 2 is 1.42 bits per heavy atom. The number of hydrogen-bond donors (Lipinski definition) is 0. The van der Waals surface area contributed by atoms with Crippen molar-refractivity contribution in [3.8, 4) is 0 Å². The molecule has 0 atom stereocenters. The number of alkyl halides is 3. The quantitative estimate of drug-likeness (QED) is 0.677. The summed E-state index contributed by atoms with van der Waals surface area (Å²) in [5, 5.41) is 0. The standard InChI is InChI=1S/C20H22F3N/c1-3-24(4-2)15-14-19(16-8-6-5-7-9-16)17-10-12-18(13-11-17)20(21,22)23/h5-14H,3-4,15H2,1-2H3/b19-14+. The van der Waals surface area contributed by atoms with Crippen molar-refractivity contribution in [3.63, 3.8) is 0 Å². The Hall–Kier alpha value is -2.07. The Kier molecular flexibility index (Phi) is 6.21. The summed E-state index contributed by atoms with van der Waals surface area (Å²) < 4.78 is 38.3. The van der Waals surface area contributed by atoms with E-state index in [1.54, 1.807) is 12.1 Å². The molecule has 0 aromatic heterocycles. The summed E-state index contributed by atoms with van der Waals surface area (Å²) in [5.41, 5.74) is 2.13. The zero-order chi connectivity index (χ0) is 17.6. The number of rotatable bonds is 6. The Balaban J connectivity index is 2.37. The lowest BCUT2D eigenvalue weighted by atomic mass is 9.96. The van der Waals surface area contributed by atoms with Crippen LogP contribution in [0.3, 0.4) is 0 Å². The van der Waals surface area contributed by atoms with Crippen LogP contribution in [-0.4, -0.2) is 24.5 Å². The van der Waals surface area contributed by atoms with E-state index in [0.717, 1.165) is 48.5 Å². The monoisotopic (exact) mass is 333 g/mol. The second-order valence-electron chi connectivity index (χ2n) is 5.54. The van der Waals surface area contributed by atoms with Crippen LogP contribution in [0.1, 0.15) is 30.5 Å². The minimum atomic E-state index is -4.31. The molecule has 0 aliphatic rings. The molecule has 0 N–H and O–H groups in total. The Bertz CT molecular complexity index is 654. The van der Waals surface area contributed by atoms with Gasteiger partial charge in [-0.3, -0.25) is 0 Å². The molecule has 24 heavy (non-hydrogen) atoms. The first-order chi connectivity index (χ1) is 11.5. The molecule has 0 radical (unpaired) electrons. The lowest BCUT2D eigenvalue weighted by molar-refractivity contribution is -0.137. The van der Waals surface area contributed by atoms with Gasteiger partial charge in [0.15, 0.2) is 0 Å². The number of hydrogen-bond acceptors (Lipinski definition) is 1. The molecule has 2 aromatic carbocycles. The van der Waals surface area contributed by atoms with Crippen LogP contribution in [0.5, 0.6) is 0 Å². The molecule has 1 nitrogen and oxygen atoms in total. The topological polar surface area (TPSA) is 3.24 Å². The third-order valence-corrected chi connectivity index (χ3v) is 4.06. The summed E-state index contributed by atoms with van der Waals surface area (Å²) in [6.45, 7) is 6.82. The highest BCUT2D eigenvalue weighted by atomic mass is 19.4. The maximum absolute atomic E-state index is 12.8. The molecule has 2 rings (SSSR count). The van der Waals surface area contributed by atoms with E-state index >= 15 is 0 Å². The van der Waals surface area contributed by atoms with E-state index in [0.29, 0.717) is 0 Å². The summed E-state index contributed by atoms with van der Waals surface area (Å²) in [6, 6.07) is 15.1. The van der Waals surface area contributed by atoms with E-state index in [1.807, 2.05) is 30.3 Å². The van der Waals surface area contributed by atoms with Crippen LogP contribution < -0.4 is 0 Å². The smallest absolute Gasteiger partial charge is 0.300 e. The fraction of sp³-hybridized carbons (Fsp3) is 0.300.